The minimum Gasteiger partial charge on any atom is -0.497 e. The molecule has 0 aliphatic heterocycles. The second-order valence-electron chi connectivity index (χ2n) is 5.58. The van der Waals surface area contributed by atoms with Crippen LogP contribution in [0, 0.1) is 0 Å². The second-order valence-corrected chi connectivity index (χ2v) is 7.56. The van der Waals surface area contributed by atoms with Crippen LogP contribution in [0.3, 0.4) is 0 Å². The largest absolute Gasteiger partial charge is 0.497 e. The molecule has 0 atom stereocenters. The first-order chi connectivity index (χ1) is 11.3. The van der Waals surface area contributed by atoms with Gasteiger partial charge < -0.3 is 9.64 Å². The standard InChI is InChI=1S/C17H28N2O4S/c1-5-18(6-2)17(20)12-14-19(24(4,21)22)13-11-15-7-9-16(23-3)10-8-15/h7-10H,5-6,11-14H2,1-4H3. The van der Waals surface area contributed by atoms with Crippen LogP contribution in [0.25, 0.3) is 0 Å². The van der Waals surface area contributed by atoms with Crippen molar-refractivity contribution in [2.45, 2.75) is 26.7 Å². The maximum Gasteiger partial charge on any atom is 0.223 e. The van der Waals surface area contributed by atoms with Crippen molar-refractivity contribution in [1.82, 2.24) is 9.21 Å². The third-order valence-corrected chi connectivity index (χ3v) is 5.27. The third kappa shape index (κ3) is 6.49. The molecule has 0 saturated heterocycles. The lowest BCUT2D eigenvalue weighted by molar-refractivity contribution is -0.130. The minimum atomic E-state index is -3.34. The van der Waals surface area contributed by atoms with Gasteiger partial charge in [0.15, 0.2) is 0 Å². The Kier molecular flexibility index (Phi) is 8.21. The van der Waals surface area contributed by atoms with Crippen molar-refractivity contribution in [2.24, 2.45) is 0 Å². The molecule has 0 N–H and O–H groups in total. The number of carbonyl (C=O) groups is 1. The van der Waals surface area contributed by atoms with Gasteiger partial charge in [0.2, 0.25) is 15.9 Å². The molecule has 0 spiro atoms. The summed E-state index contributed by atoms with van der Waals surface area (Å²) in [6.07, 6.45) is 1.98. The second kappa shape index (κ2) is 9.64. The molecule has 0 aliphatic rings. The van der Waals surface area contributed by atoms with Gasteiger partial charge in [0.25, 0.3) is 0 Å². The predicted molar refractivity (Wildman–Crippen MR) is 95.7 cm³/mol. The van der Waals surface area contributed by atoms with E-state index in [9.17, 15) is 13.2 Å². The molecule has 1 aromatic carbocycles. The fraction of sp³-hybridized carbons (Fsp3) is 0.588. The molecular weight excluding hydrogens is 328 g/mol. The summed E-state index contributed by atoms with van der Waals surface area (Å²) in [7, 11) is -1.74. The lowest BCUT2D eigenvalue weighted by Gasteiger charge is -2.23. The maximum absolute atomic E-state index is 12.1. The number of ether oxygens (including phenoxy) is 1. The van der Waals surface area contributed by atoms with Gasteiger partial charge in [0.1, 0.15) is 5.75 Å². The molecule has 0 aliphatic carbocycles. The van der Waals surface area contributed by atoms with E-state index in [4.69, 9.17) is 4.74 Å². The monoisotopic (exact) mass is 356 g/mol. The topological polar surface area (TPSA) is 66.9 Å². The van der Waals surface area contributed by atoms with Crippen molar-refractivity contribution in [3.8, 4) is 5.75 Å². The fourth-order valence-corrected chi connectivity index (χ4v) is 3.29. The molecule has 7 heteroatoms. The smallest absolute Gasteiger partial charge is 0.223 e. The summed E-state index contributed by atoms with van der Waals surface area (Å²) in [6, 6.07) is 7.54. The first-order valence-electron chi connectivity index (χ1n) is 8.17. The van der Waals surface area contributed by atoms with E-state index in [0.717, 1.165) is 11.3 Å². The quantitative estimate of drug-likeness (QED) is 0.641. The fourth-order valence-electron chi connectivity index (χ4n) is 2.44. The van der Waals surface area contributed by atoms with Crippen LogP contribution >= 0.6 is 0 Å². The van der Waals surface area contributed by atoms with Crippen LogP contribution in [0.4, 0.5) is 0 Å². The van der Waals surface area contributed by atoms with Crippen LogP contribution in [-0.2, 0) is 21.2 Å². The molecule has 0 saturated carbocycles. The van der Waals surface area contributed by atoms with Crippen molar-refractivity contribution in [2.75, 3.05) is 39.5 Å². The summed E-state index contributed by atoms with van der Waals surface area (Å²) in [6.45, 7) is 5.68. The Balaban J connectivity index is 2.64. The van der Waals surface area contributed by atoms with E-state index < -0.39 is 10.0 Å². The summed E-state index contributed by atoms with van der Waals surface area (Å²) in [5, 5.41) is 0. The molecule has 0 radical (unpaired) electrons. The molecule has 1 amide bonds. The molecule has 0 bridgehead atoms. The number of carbonyl (C=O) groups excluding carboxylic acids is 1. The molecule has 0 aromatic heterocycles. The molecular formula is C17H28N2O4S. The van der Waals surface area contributed by atoms with Gasteiger partial charge >= 0.3 is 0 Å². The normalized spacial score (nSPS) is 11.5. The van der Waals surface area contributed by atoms with Gasteiger partial charge in [-0.1, -0.05) is 12.1 Å². The highest BCUT2D eigenvalue weighted by Gasteiger charge is 2.19. The van der Waals surface area contributed by atoms with Gasteiger partial charge in [-0.2, -0.15) is 0 Å². The molecule has 0 heterocycles. The van der Waals surface area contributed by atoms with Crippen LogP contribution < -0.4 is 4.74 Å². The van der Waals surface area contributed by atoms with E-state index in [2.05, 4.69) is 0 Å². The zero-order valence-corrected chi connectivity index (χ0v) is 15.8. The lowest BCUT2D eigenvalue weighted by atomic mass is 10.1. The van der Waals surface area contributed by atoms with Gasteiger partial charge in [-0.15, -0.1) is 0 Å². The van der Waals surface area contributed by atoms with Crippen molar-refractivity contribution < 1.29 is 17.9 Å². The number of rotatable bonds is 10. The Labute approximate surface area is 145 Å². The summed E-state index contributed by atoms with van der Waals surface area (Å²) < 4.78 is 30.4. The van der Waals surface area contributed by atoms with Crippen LogP contribution in [-0.4, -0.2) is 63.1 Å². The zero-order valence-electron chi connectivity index (χ0n) is 15.0. The number of methoxy groups -OCH3 is 1. The Morgan fingerprint density at radius 3 is 2.12 bits per heavy atom. The number of nitrogens with zero attached hydrogens (tertiary/aromatic N) is 2. The molecule has 136 valence electrons. The van der Waals surface area contributed by atoms with Crippen molar-refractivity contribution in [1.29, 1.82) is 0 Å². The molecule has 1 rings (SSSR count). The Hall–Kier alpha value is -1.60. The molecule has 6 nitrogen and oxygen atoms in total. The number of hydrogen-bond acceptors (Lipinski definition) is 4. The van der Waals surface area contributed by atoms with E-state index in [1.807, 2.05) is 38.1 Å². The molecule has 1 aromatic rings. The van der Waals surface area contributed by atoms with Crippen LogP contribution in [0.1, 0.15) is 25.8 Å². The van der Waals surface area contributed by atoms with Crippen LogP contribution in [0.2, 0.25) is 0 Å². The Bertz CT molecular complexity index is 610. The lowest BCUT2D eigenvalue weighted by Crippen LogP contribution is -2.37. The highest BCUT2D eigenvalue weighted by Crippen LogP contribution is 2.13. The van der Waals surface area contributed by atoms with Gasteiger partial charge in [-0.25, -0.2) is 12.7 Å². The van der Waals surface area contributed by atoms with Crippen molar-refractivity contribution in [3.05, 3.63) is 29.8 Å². The Morgan fingerprint density at radius 1 is 1.08 bits per heavy atom. The van der Waals surface area contributed by atoms with Crippen LogP contribution in [0.15, 0.2) is 24.3 Å². The van der Waals surface area contributed by atoms with Crippen molar-refractivity contribution >= 4 is 15.9 Å². The SMILES string of the molecule is CCN(CC)C(=O)CCN(CCc1ccc(OC)cc1)S(C)(=O)=O. The van der Waals surface area contributed by atoms with Crippen molar-refractivity contribution in [3.63, 3.8) is 0 Å². The van der Waals surface area contributed by atoms with E-state index in [0.29, 0.717) is 26.1 Å². The summed E-state index contributed by atoms with van der Waals surface area (Å²) in [5.74, 6) is 0.752. The number of sulfonamides is 1. The Morgan fingerprint density at radius 2 is 1.67 bits per heavy atom. The third-order valence-electron chi connectivity index (χ3n) is 3.97. The maximum atomic E-state index is 12.1. The van der Waals surface area contributed by atoms with E-state index >= 15 is 0 Å². The average Bonchev–Trinajstić information content (AvgIpc) is 2.55. The van der Waals surface area contributed by atoms with Gasteiger partial charge in [-0.05, 0) is 38.0 Å². The van der Waals surface area contributed by atoms with Gasteiger partial charge in [-0.3, -0.25) is 4.79 Å². The highest BCUT2D eigenvalue weighted by molar-refractivity contribution is 7.88. The average molecular weight is 356 g/mol. The summed E-state index contributed by atoms with van der Waals surface area (Å²) in [5.41, 5.74) is 1.03. The highest BCUT2D eigenvalue weighted by atomic mass is 32.2. The first kappa shape index (κ1) is 20.4. The number of benzene rings is 1. The van der Waals surface area contributed by atoms with E-state index in [1.54, 1.807) is 12.0 Å². The van der Waals surface area contributed by atoms with E-state index in [-0.39, 0.29) is 18.9 Å². The van der Waals surface area contributed by atoms with Crippen LogP contribution in [0.5, 0.6) is 5.75 Å². The van der Waals surface area contributed by atoms with Gasteiger partial charge in [0, 0.05) is 32.6 Å². The molecule has 0 unspecified atom stereocenters. The number of amides is 1. The predicted octanol–water partition coefficient (Wildman–Crippen LogP) is 1.76. The summed E-state index contributed by atoms with van der Waals surface area (Å²) >= 11 is 0. The zero-order chi connectivity index (χ0) is 18.2. The first-order valence-corrected chi connectivity index (χ1v) is 10.0. The molecule has 24 heavy (non-hydrogen) atoms. The number of hydrogen-bond donors (Lipinski definition) is 0. The minimum absolute atomic E-state index is 0.0157. The summed E-state index contributed by atoms with van der Waals surface area (Å²) in [4.78, 5) is 13.8. The van der Waals surface area contributed by atoms with E-state index in [1.165, 1.54) is 10.6 Å². The molecule has 0 fully saturated rings. The van der Waals surface area contributed by atoms with Gasteiger partial charge in [0.05, 0.1) is 13.4 Å².